The van der Waals surface area contributed by atoms with Crippen molar-refractivity contribution in [2.75, 3.05) is 34.4 Å². The second kappa shape index (κ2) is 8.12. The van der Waals surface area contributed by atoms with Gasteiger partial charge in [0.25, 0.3) is 5.91 Å². The molecule has 142 valence electrons. The van der Waals surface area contributed by atoms with Crippen LogP contribution in [0, 0.1) is 0 Å². The lowest BCUT2D eigenvalue weighted by Crippen LogP contribution is -2.28. The van der Waals surface area contributed by atoms with Gasteiger partial charge in [0.05, 0.1) is 26.9 Å². The van der Waals surface area contributed by atoms with E-state index in [0.717, 1.165) is 23.5 Å². The number of likely N-dealkylation sites (tertiary alicyclic amines) is 1. The summed E-state index contributed by atoms with van der Waals surface area (Å²) in [5, 5.41) is 0. The van der Waals surface area contributed by atoms with Crippen molar-refractivity contribution in [3.05, 3.63) is 59.2 Å². The van der Waals surface area contributed by atoms with Crippen molar-refractivity contribution in [1.29, 1.82) is 0 Å². The average molecular weight is 369 g/mol. The fourth-order valence-electron chi connectivity index (χ4n) is 3.41. The van der Waals surface area contributed by atoms with Gasteiger partial charge in [-0.3, -0.25) is 4.79 Å². The molecule has 1 fully saturated rings. The topological polar surface area (TPSA) is 65.1 Å². The molecule has 2 aromatic carbocycles. The van der Waals surface area contributed by atoms with Crippen LogP contribution in [0.1, 0.15) is 38.6 Å². The molecular formula is C21H23NO5. The normalized spacial score (nSPS) is 16.1. The van der Waals surface area contributed by atoms with Gasteiger partial charge in [0.15, 0.2) is 0 Å². The van der Waals surface area contributed by atoms with Crippen LogP contribution in [-0.4, -0.2) is 51.2 Å². The number of nitrogens with zero attached hydrogens (tertiary/aromatic N) is 1. The summed E-state index contributed by atoms with van der Waals surface area (Å²) in [6.45, 7) is 1.28. The summed E-state index contributed by atoms with van der Waals surface area (Å²) in [6, 6.07) is 12.3. The predicted molar refractivity (Wildman–Crippen MR) is 101 cm³/mol. The standard InChI is InChI=1S/C21H23NO5/c1-25-17-8-9-19(26-2)18(12-17)16-10-11-22(13-16)20(23)14-4-6-15(7-5-14)21(24)27-3/h4-9,12,16H,10-11,13H2,1-3H3/t16-/m1/s1. The second-order valence-corrected chi connectivity index (χ2v) is 6.41. The zero-order valence-corrected chi connectivity index (χ0v) is 15.7. The van der Waals surface area contributed by atoms with E-state index in [-0.39, 0.29) is 11.8 Å². The van der Waals surface area contributed by atoms with E-state index in [2.05, 4.69) is 4.74 Å². The first-order chi connectivity index (χ1) is 13.1. The van der Waals surface area contributed by atoms with Gasteiger partial charge in [-0.05, 0) is 48.9 Å². The summed E-state index contributed by atoms with van der Waals surface area (Å²) in [5.74, 6) is 1.30. The van der Waals surface area contributed by atoms with E-state index in [9.17, 15) is 9.59 Å². The highest BCUT2D eigenvalue weighted by molar-refractivity contribution is 5.96. The minimum atomic E-state index is -0.416. The Morgan fingerprint density at radius 1 is 0.963 bits per heavy atom. The Morgan fingerprint density at radius 2 is 1.67 bits per heavy atom. The summed E-state index contributed by atoms with van der Waals surface area (Å²) in [6.07, 6.45) is 0.857. The number of esters is 1. The average Bonchev–Trinajstić information content (AvgIpc) is 3.22. The number of benzene rings is 2. The van der Waals surface area contributed by atoms with Crippen molar-refractivity contribution in [2.24, 2.45) is 0 Å². The van der Waals surface area contributed by atoms with Gasteiger partial charge in [0.2, 0.25) is 0 Å². The smallest absolute Gasteiger partial charge is 0.337 e. The zero-order chi connectivity index (χ0) is 19.4. The van der Waals surface area contributed by atoms with E-state index in [1.807, 2.05) is 23.1 Å². The molecule has 0 N–H and O–H groups in total. The zero-order valence-electron chi connectivity index (χ0n) is 15.7. The number of hydrogen-bond donors (Lipinski definition) is 0. The van der Waals surface area contributed by atoms with Crippen LogP contribution < -0.4 is 9.47 Å². The first-order valence-electron chi connectivity index (χ1n) is 8.77. The maximum atomic E-state index is 12.8. The molecule has 1 aliphatic heterocycles. The number of rotatable bonds is 5. The molecular weight excluding hydrogens is 346 g/mol. The molecule has 1 heterocycles. The van der Waals surface area contributed by atoms with Crippen LogP contribution in [0.2, 0.25) is 0 Å². The number of amides is 1. The number of carbonyl (C=O) groups is 2. The lowest BCUT2D eigenvalue weighted by molar-refractivity contribution is 0.0600. The van der Waals surface area contributed by atoms with E-state index >= 15 is 0 Å². The number of carbonyl (C=O) groups excluding carboxylic acids is 2. The maximum Gasteiger partial charge on any atom is 0.337 e. The van der Waals surface area contributed by atoms with E-state index in [1.165, 1.54) is 7.11 Å². The Balaban J connectivity index is 1.74. The fourth-order valence-corrected chi connectivity index (χ4v) is 3.41. The van der Waals surface area contributed by atoms with Crippen LogP contribution in [0.25, 0.3) is 0 Å². The fraction of sp³-hybridized carbons (Fsp3) is 0.333. The monoisotopic (exact) mass is 369 g/mol. The molecule has 6 heteroatoms. The molecule has 0 radical (unpaired) electrons. The molecule has 1 atom stereocenters. The van der Waals surface area contributed by atoms with Gasteiger partial charge in [-0.2, -0.15) is 0 Å². The molecule has 1 amide bonds. The van der Waals surface area contributed by atoms with Gasteiger partial charge in [-0.25, -0.2) is 4.79 Å². The van der Waals surface area contributed by atoms with E-state index in [1.54, 1.807) is 38.5 Å². The van der Waals surface area contributed by atoms with Crippen LogP contribution in [0.15, 0.2) is 42.5 Å². The first-order valence-corrected chi connectivity index (χ1v) is 8.77. The van der Waals surface area contributed by atoms with Crippen molar-refractivity contribution in [2.45, 2.75) is 12.3 Å². The quantitative estimate of drug-likeness (QED) is 0.758. The van der Waals surface area contributed by atoms with Gasteiger partial charge in [-0.1, -0.05) is 0 Å². The molecule has 0 aliphatic carbocycles. The van der Waals surface area contributed by atoms with Gasteiger partial charge in [0, 0.05) is 30.1 Å². The van der Waals surface area contributed by atoms with Crippen LogP contribution in [-0.2, 0) is 4.74 Å². The third-order valence-corrected chi connectivity index (χ3v) is 4.91. The maximum absolute atomic E-state index is 12.8. The van der Waals surface area contributed by atoms with Gasteiger partial charge in [-0.15, -0.1) is 0 Å². The molecule has 6 nitrogen and oxygen atoms in total. The molecule has 0 spiro atoms. The van der Waals surface area contributed by atoms with E-state index in [0.29, 0.717) is 24.2 Å². The second-order valence-electron chi connectivity index (χ2n) is 6.41. The first kappa shape index (κ1) is 18.8. The highest BCUT2D eigenvalue weighted by Crippen LogP contribution is 2.36. The largest absolute Gasteiger partial charge is 0.497 e. The van der Waals surface area contributed by atoms with Crippen LogP contribution in [0.4, 0.5) is 0 Å². The van der Waals surface area contributed by atoms with Crippen molar-refractivity contribution in [3.63, 3.8) is 0 Å². The number of ether oxygens (including phenoxy) is 3. The molecule has 2 aromatic rings. The summed E-state index contributed by atoms with van der Waals surface area (Å²) < 4.78 is 15.5. The summed E-state index contributed by atoms with van der Waals surface area (Å²) in [5.41, 5.74) is 2.03. The van der Waals surface area contributed by atoms with Crippen molar-refractivity contribution < 1.29 is 23.8 Å². The lowest BCUT2D eigenvalue weighted by Gasteiger charge is -2.18. The third-order valence-electron chi connectivity index (χ3n) is 4.91. The highest BCUT2D eigenvalue weighted by atomic mass is 16.5. The highest BCUT2D eigenvalue weighted by Gasteiger charge is 2.30. The van der Waals surface area contributed by atoms with E-state index < -0.39 is 5.97 Å². The van der Waals surface area contributed by atoms with Crippen molar-refractivity contribution >= 4 is 11.9 Å². The molecule has 3 rings (SSSR count). The lowest BCUT2D eigenvalue weighted by atomic mass is 9.97. The molecule has 1 aliphatic rings. The van der Waals surface area contributed by atoms with Crippen LogP contribution in [0.5, 0.6) is 11.5 Å². The Morgan fingerprint density at radius 3 is 2.30 bits per heavy atom. The van der Waals surface area contributed by atoms with Crippen molar-refractivity contribution in [1.82, 2.24) is 4.90 Å². The molecule has 0 aromatic heterocycles. The number of methoxy groups -OCH3 is 3. The summed E-state index contributed by atoms with van der Waals surface area (Å²) >= 11 is 0. The molecule has 0 bridgehead atoms. The summed E-state index contributed by atoms with van der Waals surface area (Å²) in [7, 11) is 4.61. The minimum Gasteiger partial charge on any atom is -0.497 e. The van der Waals surface area contributed by atoms with E-state index in [4.69, 9.17) is 9.47 Å². The Hall–Kier alpha value is -3.02. The minimum absolute atomic E-state index is 0.0456. The number of hydrogen-bond acceptors (Lipinski definition) is 5. The Bertz CT molecular complexity index is 831. The SMILES string of the molecule is COC(=O)c1ccc(C(=O)N2CC[C@@H](c3cc(OC)ccc3OC)C2)cc1. The van der Waals surface area contributed by atoms with Gasteiger partial charge >= 0.3 is 5.97 Å². The van der Waals surface area contributed by atoms with Crippen LogP contribution >= 0.6 is 0 Å². The molecule has 0 saturated carbocycles. The molecule has 27 heavy (non-hydrogen) atoms. The predicted octanol–water partition coefficient (Wildman–Crippen LogP) is 3.12. The van der Waals surface area contributed by atoms with Gasteiger partial charge in [0.1, 0.15) is 11.5 Å². The van der Waals surface area contributed by atoms with Crippen LogP contribution in [0.3, 0.4) is 0 Å². The molecule has 1 saturated heterocycles. The van der Waals surface area contributed by atoms with Gasteiger partial charge < -0.3 is 19.1 Å². The Kier molecular flexibility index (Phi) is 5.64. The molecule has 0 unspecified atom stereocenters. The third kappa shape index (κ3) is 3.89. The Labute approximate surface area is 158 Å². The van der Waals surface area contributed by atoms with Crippen molar-refractivity contribution in [3.8, 4) is 11.5 Å². The summed E-state index contributed by atoms with van der Waals surface area (Å²) in [4.78, 5) is 26.2.